The number of nitrogens with one attached hydrogen (secondary N) is 1. The van der Waals surface area contributed by atoms with Gasteiger partial charge < -0.3 is 5.32 Å². The number of carbonyl (C=O) groups is 2. The molecule has 1 aromatic rings. The van der Waals surface area contributed by atoms with Gasteiger partial charge in [0.15, 0.2) is 5.78 Å². The van der Waals surface area contributed by atoms with Crippen molar-refractivity contribution in [3.63, 3.8) is 0 Å². The van der Waals surface area contributed by atoms with Gasteiger partial charge in [-0.15, -0.1) is 0 Å². The van der Waals surface area contributed by atoms with Gasteiger partial charge in [-0.05, 0) is 30.9 Å². The fourth-order valence-electron chi connectivity index (χ4n) is 3.06. The number of benzene rings is 1. The Morgan fingerprint density at radius 1 is 1.05 bits per heavy atom. The number of hydrogen-bond donors (Lipinski definition) is 1. The minimum atomic E-state index is -0.335. The summed E-state index contributed by atoms with van der Waals surface area (Å²) < 4.78 is 0. The third-order valence-corrected chi connectivity index (χ3v) is 4.32. The highest BCUT2D eigenvalue weighted by Crippen LogP contribution is 2.28. The molecule has 0 bridgehead atoms. The quantitative estimate of drug-likeness (QED) is 0.899. The van der Waals surface area contributed by atoms with Gasteiger partial charge >= 0.3 is 0 Å². The summed E-state index contributed by atoms with van der Waals surface area (Å²) in [5.74, 6) is 0.265. The maximum atomic E-state index is 12.5. The normalized spacial score (nSPS) is 17.5. The van der Waals surface area contributed by atoms with Crippen LogP contribution in [-0.4, -0.2) is 17.7 Å². The van der Waals surface area contributed by atoms with Crippen LogP contribution in [0.1, 0.15) is 56.3 Å². The van der Waals surface area contributed by atoms with Crippen LogP contribution in [0, 0.1) is 11.8 Å². The van der Waals surface area contributed by atoms with Gasteiger partial charge in [-0.2, -0.15) is 0 Å². The van der Waals surface area contributed by atoms with Crippen LogP contribution in [0.5, 0.6) is 0 Å². The summed E-state index contributed by atoms with van der Waals surface area (Å²) in [5, 5.41) is 3.00. The molecular formula is C18H25NO2. The molecule has 0 radical (unpaired) electrons. The van der Waals surface area contributed by atoms with Gasteiger partial charge in [-0.3, -0.25) is 9.59 Å². The second kappa shape index (κ2) is 7.39. The highest BCUT2D eigenvalue weighted by atomic mass is 16.2. The Balaban J connectivity index is 2.11. The third-order valence-electron chi connectivity index (χ3n) is 4.32. The van der Waals surface area contributed by atoms with E-state index in [4.69, 9.17) is 0 Å². The van der Waals surface area contributed by atoms with Crippen LogP contribution < -0.4 is 5.32 Å². The van der Waals surface area contributed by atoms with E-state index in [0.29, 0.717) is 11.5 Å². The van der Waals surface area contributed by atoms with Crippen LogP contribution in [0.15, 0.2) is 30.3 Å². The average Bonchev–Trinajstić information content (AvgIpc) is 2.53. The van der Waals surface area contributed by atoms with E-state index in [9.17, 15) is 9.59 Å². The fourth-order valence-corrected chi connectivity index (χ4v) is 3.06. The molecule has 1 aliphatic rings. The maximum Gasteiger partial charge on any atom is 0.251 e. The Bertz CT molecular complexity index is 475. The Kier molecular flexibility index (Phi) is 5.54. The van der Waals surface area contributed by atoms with Gasteiger partial charge in [-0.25, -0.2) is 0 Å². The zero-order valence-corrected chi connectivity index (χ0v) is 13.0. The largest absolute Gasteiger partial charge is 0.342 e. The zero-order chi connectivity index (χ0) is 15.2. The number of hydrogen-bond acceptors (Lipinski definition) is 2. The molecule has 0 saturated heterocycles. The van der Waals surface area contributed by atoms with Crippen LogP contribution in [0.2, 0.25) is 0 Å². The lowest BCUT2D eigenvalue weighted by atomic mass is 9.80. The van der Waals surface area contributed by atoms with Crippen molar-refractivity contribution in [2.45, 2.75) is 52.0 Å². The van der Waals surface area contributed by atoms with Crippen LogP contribution in [0.3, 0.4) is 0 Å². The van der Waals surface area contributed by atoms with Crippen LogP contribution in [0.25, 0.3) is 0 Å². The van der Waals surface area contributed by atoms with Gasteiger partial charge in [0, 0.05) is 11.5 Å². The molecule has 1 amide bonds. The molecule has 3 heteroatoms. The lowest BCUT2D eigenvalue weighted by molar-refractivity contribution is -0.125. The highest BCUT2D eigenvalue weighted by Gasteiger charge is 2.32. The molecule has 0 aliphatic heterocycles. The van der Waals surface area contributed by atoms with Crippen molar-refractivity contribution in [1.29, 1.82) is 0 Å². The molecule has 3 nitrogen and oxygen atoms in total. The summed E-state index contributed by atoms with van der Waals surface area (Å²) in [5.41, 5.74) is 0.620. The Morgan fingerprint density at radius 2 is 1.67 bits per heavy atom. The fraction of sp³-hybridized carbons (Fsp3) is 0.556. The van der Waals surface area contributed by atoms with E-state index in [1.54, 1.807) is 12.1 Å². The molecule has 114 valence electrons. The molecule has 2 rings (SSSR count). The lowest BCUT2D eigenvalue weighted by Crippen LogP contribution is -2.48. The van der Waals surface area contributed by atoms with Crippen molar-refractivity contribution < 1.29 is 9.59 Å². The summed E-state index contributed by atoms with van der Waals surface area (Å²) in [4.78, 5) is 24.9. The Morgan fingerprint density at radius 3 is 2.24 bits per heavy atom. The van der Waals surface area contributed by atoms with Gasteiger partial charge in [0.1, 0.15) is 0 Å². The topological polar surface area (TPSA) is 46.2 Å². The SMILES string of the molecule is CC(C)C(=O)[C@@H](NC(=O)c1ccccc1)C1CCCCC1. The number of carbonyl (C=O) groups excluding carboxylic acids is 2. The molecule has 0 aromatic heterocycles. The first-order valence-electron chi connectivity index (χ1n) is 7.99. The van der Waals surface area contributed by atoms with Crippen molar-refractivity contribution in [1.82, 2.24) is 5.32 Å². The Labute approximate surface area is 127 Å². The number of Topliss-reactive ketones (excluding diaryl/α,β-unsaturated/α-hetero) is 1. The average molecular weight is 287 g/mol. The summed E-state index contributed by atoms with van der Waals surface area (Å²) in [6.07, 6.45) is 5.64. The van der Waals surface area contributed by atoms with E-state index in [1.807, 2.05) is 32.0 Å². The first-order valence-corrected chi connectivity index (χ1v) is 7.99. The minimum Gasteiger partial charge on any atom is -0.342 e. The first kappa shape index (κ1) is 15.7. The lowest BCUT2D eigenvalue weighted by Gasteiger charge is -2.31. The monoisotopic (exact) mass is 287 g/mol. The minimum absolute atomic E-state index is 0.0481. The van der Waals surface area contributed by atoms with Gasteiger partial charge in [0.25, 0.3) is 5.91 Å². The predicted octanol–water partition coefficient (Wildman–Crippen LogP) is 3.59. The van der Waals surface area contributed by atoms with E-state index in [-0.39, 0.29) is 23.7 Å². The third kappa shape index (κ3) is 4.16. The summed E-state index contributed by atoms with van der Waals surface area (Å²) in [6, 6.07) is 8.80. The Hall–Kier alpha value is -1.64. The molecule has 1 saturated carbocycles. The van der Waals surface area contributed by atoms with Gasteiger partial charge in [0.05, 0.1) is 6.04 Å². The highest BCUT2D eigenvalue weighted by molar-refractivity contribution is 5.98. The van der Waals surface area contributed by atoms with E-state index in [1.165, 1.54) is 6.42 Å². The molecule has 0 spiro atoms. The smallest absolute Gasteiger partial charge is 0.251 e. The van der Waals surface area contributed by atoms with E-state index in [2.05, 4.69) is 5.32 Å². The maximum absolute atomic E-state index is 12.5. The summed E-state index contributed by atoms with van der Waals surface area (Å²) >= 11 is 0. The number of rotatable bonds is 5. The summed E-state index contributed by atoms with van der Waals surface area (Å²) in [7, 11) is 0. The molecule has 1 fully saturated rings. The molecule has 1 N–H and O–H groups in total. The van der Waals surface area contributed by atoms with Crippen molar-refractivity contribution >= 4 is 11.7 Å². The van der Waals surface area contributed by atoms with Gasteiger partial charge in [-0.1, -0.05) is 51.3 Å². The molecule has 0 heterocycles. The second-order valence-corrected chi connectivity index (χ2v) is 6.27. The van der Waals surface area contributed by atoms with Crippen molar-refractivity contribution in [3.05, 3.63) is 35.9 Å². The molecular weight excluding hydrogens is 262 g/mol. The van der Waals surface area contributed by atoms with E-state index < -0.39 is 0 Å². The van der Waals surface area contributed by atoms with Crippen molar-refractivity contribution in [2.75, 3.05) is 0 Å². The van der Waals surface area contributed by atoms with Gasteiger partial charge in [0.2, 0.25) is 0 Å². The zero-order valence-electron chi connectivity index (χ0n) is 13.0. The second-order valence-electron chi connectivity index (χ2n) is 6.27. The standard InChI is InChI=1S/C18H25NO2/c1-13(2)17(20)16(14-9-5-3-6-10-14)19-18(21)15-11-7-4-8-12-15/h4,7-8,11-14,16H,3,5-6,9-10H2,1-2H3,(H,19,21)/t16-/m0/s1. The van der Waals surface area contributed by atoms with Crippen molar-refractivity contribution in [2.24, 2.45) is 11.8 Å². The molecule has 0 unspecified atom stereocenters. The molecule has 1 atom stereocenters. The first-order chi connectivity index (χ1) is 10.1. The number of ketones is 1. The molecule has 1 aromatic carbocycles. The van der Waals surface area contributed by atoms with Crippen molar-refractivity contribution in [3.8, 4) is 0 Å². The molecule has 21 heavy (non-hydrogen) atoms. The van der Waals surface area contributed by atoms with Crippen LogP contribution >= 0.6 is 0 Å². The van der Waals surface area contributed by atoms with Crippen LogP contribution in [-0.2, 0) is 4.79 Å². The van der Waals surface area contributed by atoms with E-state index >= 15 is 0 Å². The van der Waals surface area contributed by atoms with Crippen LogP contribution in [0.4, 0.5) is 0 Å². The number of amides is 1. The summed E-state index contributed by atoms with van der Waals surface area (Å²) in [6.45, 7) is 3.82. The van der Waals surface area contributed by atoms with E-state index in [0.717, 1.165) is 25.7 Å². The molecule has 1 aliphatic carbocycles. The predicted molar refractivity (Wildman–Crippen MR) is 84.1 cm³/mol.